The number of fused-ring (bicyclic) bond motifs is 1. The molecule has 0 aliphatic carbocycles. The number of hydrogen-bond acceptors (Lipinski definition) is 3. The zero-order chi connectivity index (χ0) is 19.5. The number of carbonyl (C=O) groups is 1. The van der Waals surface area contributed by atoms with Crippen molar-refractivity contribution in [2.45, 2.75) is 19.9 Å². The van der Waals surface area contributed by atoms with E-state index < -0.39 is 0 Å². The fourth-order valence-corrected chi connectivity index (χ4v) is 3.77. The van der Waals surface area contributed by atoms with Gasteiger partial charge in [0.05, 0.1) is 5.52 Å². The van der Waals surface area contributed by atoms with Gasteiger partial charge in [0, 0.05) is 49.5 Å². The molecule has 1 fully saturated rings. The molecule has 0 radical (unpaired) electrons. The highest BCUT2D eigenvalue weighted by molar-refractivity contribution is 5.89. The first-order valence-corrected chi connectivity index (χ1v) is 9.81. The van der Waals surface area contributed by atoms with Gasteiger partial charge in [-0.1, -0.05) is 30.3 Å². The predicted molar refractivity (Wildman–Crippen MR) is 114 cm³/mol. The maximum atomic E-state index is 12.6. The lowest BCUT2D eigenvalue weighted by molar-refractivity contribution is 0.119. The lowest BCUT2D eigenvalue weighted by atomic mass is 10.1. The molecule has 5 heteroatoms. The van der Waals surface area contributed by atoms with E-state index in [0.29, 0.717) is 0 Å². The molecule has 0 saturated carbocycles. The summed E-state index contributed by atoms with van der Waals surface area (Å²) in [5, 5.41) is 4.18. The number of nitrogens with zero attached hydrogens (tertiary/aromatic N) is 3. The van der Waals surface area contributed by atoms with Gasteiger partial charge in [0.2, 0.25) is 0 Å². The minimum Gasteiger partial charge on any atom is -0.322 e. The smallest absolute Gasteiger partial charge is 0.321 e. The van der Waals surface area contributed by atoms with Gasteiger partial charge in [0.15, 0.2) is 0 Å². The minimum absolute atomic E-state index is 0.0229. The summed E-state index contributed by atoms with van der Waals surface area (Å²) < 4.78 is 0. The molecule has 2 heterocycles. The first-order valence-electron chi connectivity index (χ1n) is 9.81. The van der Waals surface area contributed by atoms with Gasteiger partial charge in [0.1, 0.15) is 0 Å². The van der Waals surface area contributed by atoms with Crippen molar-refractivity contribution in [3.05, 3.63) is 71.9 Å². The van der Waals surface area contributed by atoms with Gasteiger partial charge in [-0.3, -0.25) is 9.88 Å². The minimum atomic E-state index is -0.0229. The van der Waals surface area contributed by atoms with E-state index in [1.165, 1.54) is 10.9 Å². The van der Waals surface area contributed by atoms with Crippen LogP contribution >= 0.6 is 0 Å². The Labute approximate surface area is 166 Å². The standard InChI is InChI=1S/C23H26N4O/c1-17-6-5-8-21(14-17)25-23(28)27-12-10-26(11-13-27)18(2)20-15-19-7-3-4-9-22(19)24-16-20/h3-9,14-16,18H,10-13H2,1-2H3,(H,25,28). The highest BCUT2D eigenvalue weighted by Gasteiger charge is 2.25. The number of para-hydroxylation sites is 1. The third-order valence-corrected chi connectivity index (χ3v) is 5.51. The number of aryl methyl sites for hydroxylation is 1. The van der Waals surface area contributed by atoms with Crippen molar-refractivity contribution in [1.82, 2.24) is 14.8 Å². The number of carbonyl (C=O) groups excluding carboxylic acids is 1. The number of amides is 2. The Balaban J connectivity index is 1.36. The average Bonchev–Trinajstić information content (AvgIpc) is 2.73. The molecular formula is C23H26N4O. The number of benzene rings is 2. The van der Waals surface area contributed by atoms with E-state index >= 15 is 0 Å². The van der Waals surface area contributed by atoms with Crippen molar-refractivity contribution in [2.24, 2.45) is 0 Å². The molecule has 0 bridgehead atoms. The lowest BCUT2D eigenvalue weighted by Gasteiger charge is -2.38. The van der Waals surface area contributed by atoms with Gasteiger partial charge in [-0.05, 0) is 49.2 Å². The summed E-state index contributed by atoms with van der Waals surface area (Å²) in [7, 11) is 0. The van der Waals surface area contributed by atoms with Crippen LogP contribution in [0, 0.1) is 6.92 Å². The van der Waals surface area contributed by atoms with Crippen LogP contribution in [0.1, 0.15) is 24.1 Å². The Hall–Kier alpha value is -2.92. The van der Waals surface area contributed by atoms with Gasteiger partial charge in [-0.2, -0.15) is 0 Å². The van der Waals surface area contributed by atoms with Gasteiger partial charge in [0.25, 0.3) is 0 Å². The molecule has 3 aromatic rings. The van der Waals surface area contributed by atoms with Crippen LogP contribution in [0.4, 0.5) is 10.5 Å². The van der Waals surface area contributed by atoms with E-state index in [-0.39, 0.29) is 12.1 Å². The summed E-state index contributed by atoms with van der Waals surface area (Å²) in [5.74, 6) is 0. The molecule has 1 aromatic heterocycles. The zero-order valence-electron chi connectivity index (χ0n) is 16.4. The van der Waals surface area contributed by atoms with E-state index in [2.05, 4.69) is 34.3 Å². The van der Waals surface area contributed by atoms with Crippen LogP contribution < -0.4 is 5.32 Å². The third-order valence-electron chi connectivity index (χ3n) is 5.51. The van der Waals surface area contributed by atoms with Crippen LogP contribution in [-0.2, 0) is 0 Å². The van der Waals surface area contributed by atoms with Crippen LogP contribution in [0.2, 0.25) is 0 Å². The van der Waals surface area contributed by atoms with Gasteiger partial charge < -0.3 is 10.2 Å². The molecule has 4 rings (SSSR count). The summed E-state index contributed by atoms with van der Waals surface area (Å²) in [5.41, 5.74) is 4.23. The highest BCUT2D eigenvalue weighted by atomic mass is 16.2. The highest BCUT2D eigenvalue weighted by Crippen LogP contribution is 2.24. The Morgan fingerprint density at radius 2 is 1.82 bits per heavy atom. The van der Waals surface area contributed by atoms with E-state index in [4.69, 9.17) is 0 Å². The van der Waals surface area contributed by atoms with Crippen molar-refractivity contribution < 1.29 is 4.79 Å². The molecule has 0 spiro atoms. The molecular weight excluding hydrogens is 348 g/mol. The van der Waals surface area contributed by atoms with Crippen LogP contribution in [-0.4, -0.2) is 47.0 Å². The average molecular weight is 374 g/mol. The maximum absolute atomic E-state index is 12.6. The number of piperazine rings is 1. The number of urea groups is 1. The summed E-state index contributed by atoms with van der Waals surface area (Å²) >= 11 is 0. The molecule has 144 valence electrons. The van der Waals surface area contributed by atoms with Crippen molar-refractivity contribution in [1.29, 1.82) is 0 Å². The second kappa shape index (κ2) is 7.98. The number of anilines is 1. The van der Waals surface area contributed by atoms with Crippen molar-refractivity contribution in [3.63, 3.8) is 0 Å². The van der Waals surface area contributed by atoms with Crippen LogP contribution in [0.25, 0.3) is 10.9 Å². The van der Waals surface area contributed by atoms with Gasteiger partial charge in [-0.15, -0.1) is 0 Å². The molecule has 28 heavy (non-hydrogen) atoms. The SMILES string of the molecule is Cc1cccc(NC(=O)N2CCN(C(C)c3cnc4ccccc4c3)CC2)c1. The molecule has 1 aliphatic heterocycles. The molecule has 2 amide bonds. The van der Waals surface area contributed by atoms with Crippen molar-refractivity contribution in [2.75, 3.05) is 31.5 Å². The van der Waals surface area contributed by atoms with Crippen molar-refractivity contribution in [3.8, 4) is 0 Å². The number of aromatic nitrogens is 1. The topological polar surface area (TPSA) is 48.5 Å². The number of pyridine rings is 1. The van der Waals surface area contributed by atoms with Crippen LogP contribution in [0.15, 0.2) is 60.8 Å². The maximum Gasteiger partial charge on any atom is 0.321 e. The Kier molecular flexibility index (Phi) is 5.26. The second-order valence-corrected chi connectivity index (χ2v) is 7.46. The summed E-state index contributed by atoms with van der Waals surface area (Å²) in [4.78, 5) is 21.5. The number of hydrogen-bond donors (Lipinski definition) is 1. The largest absolute Gasteiger partial charge is 0.322 e. The lowest BCUT2D eigenvalue weighted by Crippen LogP contribution is -2.50. The monoisotopic (exact) mass is 374 g/mol. The van der Waals surface area contributed by atoms with E-state index in [9.17, 15) is 4.79 Å². The quantitative estimate of drug-likeness (QED) is 0.737. The zero-order valence-corrected chi connectivity index (χ0v) is 16.4. The second-order valence-electron chi connectivity index (χ2n) is 7.46. The molecule has 1 saturated heterocycles. The fraction of sp³-hybridized carbons (Fsp3) is 0.304. The Morgan fingerprint density at radius 3 is 2.61 bits per heavy atom. The predicted octanol–water partition coefficient (Wildman–Crippen LogP) is 4.45. The van der Waals surface area contributed by atoms with Crippen LogP contribution in [0.3, 0.4) is 0 Å². The van der Waals surface area contributed by atoms with Crippen LogP contribution in [0.5, 0.6) is 0 Å². The third kappa shape index (κ3) is 3.99. The summed E-state index contributed by atoms with van der Waals surface area (Å²) in [6.07, 6.45) is 1.98. The summed E-state index contributed by atoms with van der Waals surface area (Å²) in [6, 6.07) is 18.6. The molecule has 1 N–H and O–H groups in total. The number of nitrogens with one attached hydrogen (secondary N) is 1. The summed E-state index contributed by atoms with van der Waals surface area (Å²) in [6.45, 7) is 7.40. The molecule has 1 aliphatic rings. The van der Waals surface area contributed by atoms with E-state index in [1.807, 2.05) is 60.5 Å². The van der Waals surface area contributed by atoms with Crippen molar-refractivity contribution >= 4 is 22.6 Å². The molecule has 1 atom stereocenters. The molecule has 5 nitrogen and oxygen atoms in total. The van der Waals surface area contributed by atoms with E-state index in [0.717, 1.165) is 42.9 Å². The first-order chi connectivity index (χ1) is 13.6. The Morgan fingerprint density at radius 1 is 1.04 bits per heavy atom. The first kappa shape index (κ1) is 18.4. The van der Waals surface area contributed by atoms with Gasteiger partial charge in [-0.25, -0.2) is 4.79 Å². The Bertz CT molecular complexity index is 979. The van der Waals surface area contributed by atoms with E-state index in [1.54, 1.807) is 0 Å². The number of rotatable bonds is 3. The fourth-order valence-electron chi connectivity index (χ4n) is 3.77. The van der Waals surface area contributed by atoms with Gasteiger partial charge >= 0.3 is 6.03 Å². The molecule has 1 unspecified atom stereocenters. The molecule has 2 aromatic carbocycles. The normalized spacial score (nSPS) is 16.1.